The number of carbonyl (C=O) groups is 1. The minimum atomic E-state index is -0.229. The summed E-state index contributed by atoms with van der Waals surface area (Å²) in [6, 6.07) is 15.0. The predicted octanol–water partition coefficient (Wildman–Crippen LogP) is 4.80. The highest BCUT2D eigenvalue weighted by molar-refractivity contribution is 6.05. The van der Waals surface area contributed by atoms with Crippen LogP contribution in [0.3, 0.4) is 0 Å². The van der Waals surface area contributed by atoms with Crippen molar-refractivity contribution in [2.75, 3.05) is 63.1 Å². The van der Waals surface area contributed by atoms with E-state index in [2.05, 4.69) is 16.3 Å². The zero-order valence-corrected chi connectivity index (χ0v) is 23.2. The molecule has 6 rings (SSSR count). The van der Waals surface area contributed by atoms with E-state index in [1.54, 1.807) is 18.2 Å². The maximum Gasteiger partial charge on any atom is 0.255 e. The molecule has 4 heterocycles. The third kappa shape index (κ3) is 6.73. The van der Waals surface area contributed by atoms with Crippen molar-refractivity contribution in [2.24, 2.45) is 0 Å². The number of aromatic nitrogens is 1. The monoisotopic (exact) mass is 561 g/mol. The van der Waals surface area contributed by atoms with E-state index in [1.807, 2.05) is 31.2 Å². The number of rotatable bonds is 9. The topological polar surface area (TPSA) is 101 Å². The Labute approximate surface area is 239 Å². The summed E-state index contributed by atoms with van der Waals surface area (Å²) in [6.07, 6.45) is 2.96. The molecular formula is C31H35N3O7. The lowest BCUT2D eigenvalue weighted by Gasteiger charge is -2.28. The number of nitrogens with one attached hydrogen (secondary N) is 1. The molecule has 1 atom stereocenters. The molecule has 1 amide bonds. The van der Waals surface area contributed by atoms with Crippen molar-refractivity contribution in [3.8, 4) is 28.5 Å². The second-order valence-corrected chi connectivity index (χ2v) is 10.2. The molecule has 3 aromatic rings. The largest absolute Gasteiger partial charge is 0.475 e. The molecule has 3 aliphatic heterocycles. The Morgan fingerprint density at radius 2 is 1.88 bits per heavy atom. The summed E-state index contributed by atoms with van der Waals surface area (Å²) in [5.74, 6) is 2.32. The molecule has 2 saturated heterocycles. The van der Waals surface area contributed by atoms with Gasteiger partial charge in [-0.2, -0.15) is 4.98 Å². The first-order valence-electron chi connectivity index (χ1n) is 14.2. The Morgan fingerprint density at radius 1 is 1.00 bits per heavy atom. The smallest absolute Gasteiger partial charge is 0.255 e. The Balaban J connectivity index is 1.21. The third-order valence-electron chi connectivity index (χ3n) is 7.34. The van der Waals surface area contributed by atoms with Crippen molar-refractivity contribution >= 4 is 17.4 Å². The Hall–Kier alpha value is -3.86. The van der Waals surface area contributed by atoms with Gasteiger partial charge < -0.3 is 38.6 Å². The Kier molecular flexibility index (Phi) is 8.50. The van der Waals surface area contributed by atoms with Crippen molar-refractivity contribution < 1.29 is 33.2 Å². The lowest BCUT2D eigenvalue weighted by Crippen LogP contribution is -2.36. The van der Waals surface area contributed by atoms with Gasteiger partial charge in [0.15, 0.2) is 17.8 Å². The van der Waals surface area contributed by atoms with Crippen LogP contribution in [0.1, 0.15) is 35.2 Å². The number of carbonyl (C=O) groups excluding carboxylic acids is 1. The van der Waals surface area contributed by atoms with Crippen LogP contribution in [0.4, 0.5) is 11.5 Å². The molecule has 1 aromatic heterocycles. The number of ether oxygens (including phenoxy) is 6. The van der Waals surface area contributed by atoms with E-state index < -0.39 is 0 Å². The molecule has 0 saturated carbocycles. The standard InChI is InChI=1S/C31H35N3O7/c1-21-5-7-24(32-31(35)22-6-8-26-27(16-22)41-20-40-26)19-25(21)23-17-28(34-9-12-36-13-10-34)33-29(18-23)37-14-15-39-30-4-2-3-11-38-30/h5-8,16-19,30H,2-4,9-15,20H2,1H3,(H,32,35). The summed E-state index contributed by atoms with van der Waals surface area (Å²) < 4.78 is 33.9. The highest BCUT2D eigenvalue weighted by Crippen LogP contribution is 2.34. The fraction of sp³-hybridized carbons (Fsp3) is 0.419. The minimum absolute atomic E-state index is 0.159. The van der Waals surface area contributed by atoms with Crippen LogP contribution in [0, 0.1) is 6.92 Å². The van der Waals surface area contributed by atoms with Crippen LogP contribution in [0.15, 0.2) is 48.5 Å². The summed E-state index contributed by atoms with van der Waals surface area (Å²) in [7, 11) is 0. The maximum atomic E-state index is 13.0. The number of amides is 1. The van der Waals surface area contributed by atoms with Crippen LogP contribution in [0.2, 0.25) is 0 Å². The van der Waals surface area contributed by atoms with E-state index in [0.29, 0.717) is 55.1 Å². The van der Waals surface area contributed by atoms with Crippen molar-refractivity contribution in [1.29, 1.82) is 0 Å². The SMILES string of the molecule is Cc1ccc(NC(=O)c2ccc3c(c2)OCO3)cc1-c1cc(OCCOC2CCCCO2)nc(N2CCOCC2)c1. The lowest BCUT2D eigenvalue weighted by atomic mass is 10.00. The van der Waals surface area contributed by atoms with E-state index in [9.17, 15) is 4.79 Å². The molecule has 0 radical (unpaired) electrons. The van der Waals surface area contributed by atoms with Gasteiger partial charge in [0, 0.05) is 37.0 Å². The molecule has 2 fully saturated rings. The molecule has 2 aromatic carbocycles. The molecular weight excluding hydrogens is 526 g/mol. The predicted molar refractivity (Wildman–Crippen MR) is 153 cm³/mol. The van der Waals surface area contributed by atoms with E-state index in [1.165, 1.54) is 0 Å². The van der Waals surface area contributed by atoms with E-state index >= 15 is 0 Å². The summed E-state index contributed by atoms with van der Waals surface area (Å²) in [6.45, 7) is 6.54. The van der Waals surface area contributed by atoms with Crippen LogP contribution < -0.4 is 24.4 Å². The fourth-order valence-corrected chi connectivity index (χ4v) is 5.10. The summed E-state index contributed by atoms with van der Waals surface area (Å²) in [5.41, 5.74) is 4.16. The van der Waals surface area contributed by atoms with E-state index in [0.717, 1.165) is 61.5 Å². The van der Waals surface area contributed by atoms with Gasteiger partial charge in [-0.15, -0.1) is 0 Å². The molecule has 0 bridgehead atoms. The molecule has 41 heavy (non-hydrogen) atoms. The zero-order valence-electron chi connectivity index (χ0n) is 23.2. The van der Waals surface area contributed by atoms with Gasteiger partial charge in [0.2, 0.25) is 12.7 Å². The van der Waals surface area contributed by atoms with Crippen molar-refractivity contribution in [1.82, 2.24) is 4.98 Å². The first kappa shape index (κ1) is 27.3. The van der Waals surface area contributed by atoms with Gasteiger partial charge in [-0.05, 0) is 79.3 Å². The normalized spacial score (nSPS) is 18.3. The van der Waals surface area contributed by atoms with Gasteiger partial charge in [0.1, 0.15) is 12.4 Å². The number of morpholine rings is 1. The van der Waals surface area contributed by atoms with Crippen LogP contribution in [0.5, 0.6) is 17.4 Å². The lowest BCUT2D eigenvalue weighted by molar-refractivity contribution is -0.165. The van der Waals surface area contributed by atoms with Gasteiger partial charge >= 0.3 is 0 Å². The number of nitrogens with zero attached hydrogens (tertiary/aromatic N) is 2. The second kappa shape index (κ2) is 12.8. The average Bonchev–Trinajstić information content (AvgIpc) is 3.49. The van der Waals surface area contributed by atoms with E-state index in [4.69, 9.17) is 33.4 Å². The number of fused-ring (bicyclic) bond motifs is 1. The number of pyridine rings is 1. The van der Waals surface area contributed by atoms with Crippen LogP contribution in [0.25, 0.3) is 11.1 Å². The molecule has 10 nitrogen and oxygen atoms in total. The maximum absolute atomic E-state index is 13.0. The number of aryl methyl sites for hydroxylation is 1. The molecule has 0 spiro atoms. The van der Waals surface area contributed by atoms with Crippen LogP contribution in [-0.2, 0) is 14.2 Å². The summed E-state index contributed by atoms with van der Waals surface area (Å²) in [5, 5.41) is 3.01. The van der Waals surface area contributed by atoms with Gasteiger partial charge in [0.05, 0.1) is 19.8 Å². The molecule has 1 unspecified atom stereocenters. The van der Waals surface area contributed by atoms with Gasteiger partial charge in [-0.1, -0.05) is 6.07 Å². The zero-order chi connectivity index (χ0) is 28.0. The van der Waals surface area contributed by atoms with Crippen LogP contribution in [-0.4, -0.2) is 70.1 Å². The minimum Gasteiger partial charge on any atom is -0.475 e. The summed E-state index contributed by atoms with van der Waals surface area (Å²) in [4.78, 5) is 20.1. The first-order chi connectivity index (χ1) is 20.1. The quantitative estimate of drug-likeness (QED) is 0.369. The molecule has 10 heteroatoms. The molecule has 216 valence electrons. The Bertz CT molecular complexity index is 1370. The van der Waals surface area contributed by atoms with Gasteiger partial charge in [-0.25, -0.2) is 0 Å². The van der Waals surface area contributed by atoms with Gasteiger partial charge in [-0.3, -0.25) is 4.79 Å². The van der Waals surface area contributed by atoms with Crippen molar-refractivity contribution in [3.63, 3.8) is 0 Å². The molecule has 0 aliphatic carbocycles. The highest BCUT2D eigenvalue weighted by atomic mass is 16.7. The molecule has 1 N–H and O–H groups in total. The Morgan fingerprint density at radius 3 is 2.73 bits per heavy atom. The number of hydrogen-bond acceptors (Lipinski definition) is 9. The number of hydrogen-bond donors (Lipinski definition) is 1. The van der Waals surface area contributed by atoms with E-state index in [-0.39, 0.29) is 19.0 Å². The van der Waals surface area contributed by atoms with Crippen molar-refractivity contribution in [2.45, 2.75) is 32.5 Å². The second-order valence-electron chi connectivity index (χ2n) is 10.2. The fourth-order valence-electron chi connectivity index (χ4n) is 5.10. The molecule has 3 aliphatic rings. The highest BCUT2D eigenvalue weighted by Gasteiger charge is 2.19. The number of benzene rings is 2. The van der Waals surface area contributed by atoms with Crippen molar-refractivity contribution in [3.05, 3.63) is 59.7 Å². The number of anilines is 2. The third-order valence-corrected chi connectivity index (χ3v) is 7.34. The first-order valence-corrected chi connectivity index (χ1v) is 14.2. The average molecular weight is 562 g/mol. The van der Waals surface area contributed by atoms with Crippen LogP contribution >= 0.6 is 0 Å². The summed E-state index contributed by atoms with van der Waals surface area (Å²) >= 11 is 0. The van der Waals surface area contributed by atoms with Gasteiger partial charge in [0.25, 0.3) is 5.91 Å².